The summed E-state index contributed by atoms with van der Waals surface area (Å²) in [6, 6.07) is 6.16. The minimum atomic E-state index is -3.53. The van der Waals surface area contributed by atoms with Gasteiger partial charge in [0, 0.05) is 81.7 Å². The van der Waals surface area contributed by atoms with Crippen molar-refractivity contribution in [1.82, 2.24) is 49.4 Å². The van der Waals surface area contributed by atoms with Crippen molar-refractivity contribution in [3.8, 4) is 22.9 Å². The van der Waals surface area contributed by atoms with Crippen molar-refractivity contribution in [2.75, 3.05) is 20.1 Å². The van der Waals surface area contributed by atoms with Gasteiger partial charge in [-0.2, -0.15) is 17.6 Å². The second kappa shape index (κ2) is 19.7. The molecule has 4 heterocycles. The molecule has 2 saturated carbocycles. The van der Waals surface area contributed by atoms with Gasteiger partial charge in [0.25, 0.3) is 23.6 Å². The summed E-state index contributed by atoms with van der Waals surface area (Å²) in [4.78, 5) is 16.5. The molecular formula is C39H36F8N10O6S2. The van der Waals surface area contributed by atoms with Gasteiger partial charge in [-0.05, 0) is 48.9 Å². The molecule has 2 atom stereocenters. The number of nitrogens with one attached hydrogen (secondary N) is 1. The fraction of sp³-hybridized carbons (Fsp3) is 0.385. The maximum atomic E-state index is 14.5. The van der Waals surface area contributed by atoms with Crippen molar-refractivity contribution in [2.24, 2.45) is 0 Å². The number of sulfonamides is 2. The standard InChI is InChI=1S/C20H19F4N5O3S.C19H17F4N5O3S/c1-29(33(30,31)14-3-4-14)10-11(15-5-2-13(21)7-16(15)22)6-17-25-8-12(9-26-17)19-27-28-20(32-19)18(23)24;20-12-1-4-14(15(21)6-12)10(9-26-32(29,30)13-2-3-13)5-16-24-7-11(8-25-16)18-27-28-19(31-18)17(22)23/h2,5,7-9,11,14,18H,3-4,6,10H2,1H3;1,4,6-8,10,13,17,26H,2-3,5,9H2. The van der Waals surface area contributed by atoms with Crippen LogP contribution in [0.2, 0.25) is 0 Å². The summed E-state index contributed by atoms with van der Waals surface area (Å²) in [6.07, 6.45) is 1.66. The zero-order valence-electron chi connectivity index (χ0n) is 33.7. The van der Waals surface area contributed by atoms with E-state index in [2.05, 4.69) is 45.1 Å². The van der Waals surface area contributed by atoms with Crippen LogP contribution in [0.1, 0.15) is 84.9 Å². The van der Waals surface area contributed by atoms with Gasteiger partial charge >= 0.3 is 12.9 Å². The summed E-state index contributed by atoms with van der Waals surface area (Å²) >= 11 is 0. The Morgan fingerprint density at radius 3 is 1.48 bits per heavy atom. The predicted molar refractivity (Wildman–Crippen MR) is 211 cm³/mol. The smallest absolute Gasteiger partial charge is 0.314 e. The summed E-state index contributed by atoms with van der Waals surface area (Å²) in [5.41, 5.74) is 0.639. The van der Waals surface area contributed by atoms with Crippen molar-refractivity contribution in [1.29, 1.82) is 0 Å². The maximum absolute atomic E-state index is 14.5. The molecule has 0 bridgehead atoms. The lowest BCUT2D eigenvalue weighted by Crippen LogP contribution is -2.34. The maximum Gasteiger partial charge on any atom is 0.314 e. The van der Waals surface area contributed by atoms with Gasteiger partial charge in [0.15, 0.2) is 0 Å². The van der Waals surface area contributed by atoms with Crippen molar-refractivity contribution in [3.63, 3.8) is 0 Å². The van der Waals surface area contributed by atoms with Gasteiger partial charge in [-0.3, -0.25) is 0 Å². The Kier molecular flexibility index (Phi) is 14.3. The Bertz CT molecular complexity index is 2820. The molecule has 2 aromatic carbocycles. The molecule has 6 aromatic rings. The average Bonchev–Trinajstić information content (AvgIpc) is 4.20. The molecule has 0 amide bonds. The quantitative estimate of drug-likeness (QED) is 0.0895. The number of hydrogen-bond acceptors (Lipinski definition) is 14. The van der Waals surface area contributed by atoms with Crippen LogP contribution in [0.25, 0.3) is 22.9 Å². The summed E-state index contributed by atoms with van der Waals surface area (Å²) < 4.78 is 169. The lowest BCUT2D eigenvalue weighted by molar-refractivity contribution is 0.115. The van der Waals surface area contributed by atoms with E-state index in [-0.39, 0.29) is 71.6 Å². The molecule has 2 aliphatic rings. The SMILES string of the molecule is CN(CC(Cc1ncc(-c2nnc(C(F)F)o2)cn1)c1ccc(F)cc1F)S(=O)(=O)C1CC1.O=S(=O)(NCC(Cc1ncc(-c2nnc(C(F)F)o2)cn1)c1ccc(F)cc1F)C1CC1. The number of hydrogen-bond donors (Lipinski definition) is 1. The van der Waals surface area contributed by atoms with Crippen molar-refractivity contribution in [2.45, 2.75) is 73.7 Å². The van der Waals surface area contributed by atoms with Crippen LogP contribution in [0, 0.1) is 23.3 Å². The van der Waals surface area contributed by atoms with Gasteiger partial charge in [0.2, 0.25) is 20.0 Å². The molecule has 4 aromatic heterocycles. The van der Waals surface area contributed by atoms with Crippen LogP contribution in [-0.2, 0) is 32.9 Å². The lowest BCUT2D eigenvalue weighted by atomic mass is 9.94. The van der Waals surface area contributed by atoms with Crippen molar-refractivity contribution >= 4 is 20.0 Å². The topological polar surface area (TPSA) is 213 Å². The molecule has 0 saturated heterocycles. The fourth-order valence-electron chi connectivity index (χ4n) is 6.44. The summed E-state index contributed by atoms with van der Waals surface area (Å²) in [5, 5.41) is 12.6. The highest BCUT2D eigenvalue weighted by Gasteiger charge is 2.40. The number of nitrogens with zero attached hydrogens (tertiary/aromatic N) is 9. The molecule has 26 heteroatoms. The largest absolute Gasteiger partial charge is 0.415 e. The number of rotatable bonds is 18. The van der Waals surface area contributed by atoms with E-state index in [1.807, 2.05) is 0 Å². The Hall–Kier alpha value is -5.86. The first-order valence-corrected chi connectivity index (χ1v) is 22.6. The minimum Gasteiger partial charge on any atom is -0.415 e. The molecule has 8 rings (SSSR count). The van der Waals surface area contributed by atoms with Crippen LogP contribution in [-0.4, -0.2) is 92.1 Å². The highest BCUT2D eigenvalue weighted by molar-refractivity contribution is 7.90. The van der Waals surface area contributed by atoms with Crippen LogP contribution in [0.3, 0.4) is 0 Å². The van der Waals surface area contributed by atoms with Gasteiger partial charge in [0.1, 0.15) is 34.9 Å². The highest BCUT2D eigenvalue weighted by atomic mass is 32.2. The van der Waals surface area contributed by atoms with E-state index in [1.165, 1.54) is 48.3 Å². The number of likely N-dealkylation sites (N-methyl/N-ethyl adjacent to an activating group) is 1. The monoisotopic (exact) mass is 956 g/mol. The molecule has 2 unspecified atom stereocenters. The Morgan fingerprint density at radius 1 is 0.646 bits per heavy atom. The van der Waals surface area contributed by atoms with Crippen molar-refractivity contribution in [3.05, 3.63) is 119 Å². The Balaban J connectivity index is 0.000000194. The lowest BCUT2D eigenvalue weighted by Gasteiger charge is -2.24. The Morgan fingerprint density at radius 2 is 1.08 bits per heavy atom. The molecule has 0 spiro atoms. The average molecular weight is 957 g/mol. The minimum absolute atomic E-state index is 0.0299. The van der Waals surface area contributed by atoms with Crippen molar-refractivity contribution < 1.29 is 60.8 Å². The number of alkyl halides is 4. The van der Waals surface area contributed by atoms with Gasteiger partial charge in [0.05, 0.1) is 21.6 Å². The van der Waals surface area contributed by atoms with Gasteiger partial charge in [-0.15, -0.1) is 20.4 Å². The molecule has 346 valence electrons. The zero-order chi connectivity index (χ0) is 46.6. The van der Waals surface area contributed by atoms with Crippen LogP contribution in [0.15, 0.2) is 70.0 Å². The third-order valence-corrected chi connectivity index (χ3v) is 14.4. The number of benzene rings is 2. The molecule has 1 N–H and O–H groups in total. The highest BCUT2D eigenvalue weighted by Crippen LogP contribution is 2.33. The third-order valence-electron chi connectivity index (χ3n) is 10.2. The Labute approximate surface area is 365 Å². The number of halogens is 8. The molecule has 2 aliphatic carbocycles. The van der Waals surface area contributed by atoms with Crippen LogP contribution >= 0.6 is 0 Å². The molecule has 65 heavy (non-hydrogen) atoms. The van der Waals surface area contributed by atoms with Crippen LogP contribution in [0.4, 0.5) is 35.1 Å². The van der Waals surface area contributed by atoms with E-state index >= 15 is 0 Å². The molecule has 0 radical (unpaired) electrons. The molecule has 16 nitrogen and oxygen atoms in total. The van der Waals surface area contributed by atoms with Gasteiger partial charge in [-0.25, -0.2) is 63.4 Å². The zero-order valence-corrected chi connectivity index (χ0v) is 35.3. The summed E-state index contributed by atoms with van der Waals surface area (Å²) in [5.74, 6) is -6.14. The van der Waals surface area contributed by atoms with Gasteiger partial charge < -0.3 is 8.83 Å². The normalized spacial score (nSPS) is 15.3. The van der Waals surface area contributed by atoms with E-state index in [0.29, 0.717) is 25.7 Å². The van der Waals surface area contributed by atoms with Gasteiger partial charge in [-0.1, -0.05) is 12.1 Å². The van der Waals surface area contributed by atoms with Crippen LogP contribution < -0.4 is 4.72 Å². The summed E-state index contributed by atoms with van der Waals surface area (Å²) in [7, 11) is -5.63. The molecule has 0 aliphatic heterocycles. The van der Waals surface area contributed by atoms with E-state index < -0.39 is 90.3 Å². The predicted octanol–water partition coefficient (Wildman–Crippen LogP) is 6.64. The van der Waals surface area contributed by atoms with E-state index in [4.69, 9.17) is 8.83 Å². The first kappa shape index (κ1) is 47.1. The first-order chi connectivity index (χ1) is 30.9. The van der Waals surface area contributed by atoms with Crippen LogP contribution in [0.5, 0.6) is 0 Å². The van der Waals surface area contributed by atoms with E-state index in [1.54, 1.807) is 0 Å². The number of aromatic nitrogens is 8. The molecular weight excluding hydrogens is 921 g/mol. The molecule has 2 fully saturated rings. The van der Waals surface area contributed by atoms with E-state index in [9.17, 15) is 52.0 Å². The van der Waals surface area contributed by atoms with E-state index in [0.717, 1.165) is 24.3 Å². The fourth-order valence-corrected chi connectivity index (χ4v) is 9.49. The second-order valence-corrected chi connectivity index (χ2v) is 19.4. The summed E-state index contributed by atoms with van der Waals surface area (Å²) in [6.45, 7) is -0.193. The first-order valence-electron chi connectivity index (χ1n) is 19.6. The third kappa shape index (κ3) is 11.9. The second-order valence-electron chi connectivity index (χ2n) is 15.0.